The van der Waals surface area contributed by atoms with Crippen LogP contribution in [0.3, 0.4) is 0 Å². The second kappa shape index (κ2) is 7.51. The molecule has 0 radical (unpaired) electrons. The lowest BCUT2D eigenvalue weighted by Crippen LogP contribution is -2.30. The summed E-state index contributed by atoms with van der Waals surface area (Å²) in [5.74, 6) is -0.304. The summed E-state index contributed by atoms with van der Waals surface area (Å²) in [7, 11) is 1.92. The molecule has 5 heteroatoms. The van der Waals surface area contributed by atoms with Crippen molar-refractivity contribution < 1.29 is 9.90 Å². The van der Waals surface area contributed by atoms with Crippen LogP contribution in [0.15, 0.2) is 36.0 Å². The average Bonchev–Trinajstić information content (AvgIpc) is 2.55. The summed E-state index contributed by atoms with van der Waals surface area (Å²) in [6.45, 7) is 0. The maximum Gasteiger partial charge on any atom is 0.267 e. The maximum absolute atomic E-state index is 12.2. The number of hydrogen-bond acceptors (Lipinski definition) is 4. The fraction of sp³-hybridized carbons (Fsp3) is 0.412. The van der Waals surface area contributed by atoms with Crippen LogP contribution >= 0.6 is 0 Å². The van der Waals surface area contributed by atoms with Crippen molar-refractivity contribution in [2.45, 2.75) is 38.1 Å². The number of carbonyl (C=O) groups is 1. The Morgan fingerprint density at radius 1 is 1.32 bits per heavy atom. The molecule has 22 heavy (non-hydrogen) atoms. The van der Waals surface area contributed by atoms with Crippen molar-refractivity contribution in [3.8, 4) is 11.8 Å². The van der Waals surface area contributed by atoms with Crippen LogP contribution in [-0.2, 0) is 4.79 Å². The summed E-state index contributed by atoms with van der Waals surface area (Å²) in [6, 6.07) is 8.51. The van der Waals surface area contributed by atoms with Crippen LogP contribution in [0.2, 0.25) is 0 Å². The Kier molecular flexibility index (Phi) is 5.42. The van der Waals surface area contributed by atoms with Crippen molar-refractivity contribution in [1.29, 1.82) is 5.26 Å². The SMILES string of the molecule is CN(/C=C(/C#N)C(=O)Nc1ccc(O)cc1)C1CCCCC1. The van der Waals surface area contributed by atoms with E-state index in [2.05, 4.69) is 5.32 Å². The van der Waals surface area contributed by atoms with Crippen LogP contribution < -0.4 is 5.32 Å². The molecule has 1 aliphatic rings. The van der Waals surface area contributed by atoms with Gasteiger partial charge >= 0.3 is 0 Å². The molecular formula is C17H21N3O2. The summed E-state index contributed by atoms with van der Waals surface area (Å²) in [4.78, 5) is 14.1. The van der Waals surface area contributed by atoms with Crippen molar-refractivity contribution in [2.24, 2.45) is 0 Å². The van der Waals surface area contributed by atoms with E-state index >= 15 is 0 Å². The number of hydrogen-bond donors (Lipinski definition) is 2. The fourth-order valence-electron chi connectivity index (χ4n) is 2.68. The smallest absolute Gasteiger partial charge is 0.267 e. The summed E-state index contributed by atoms with van der Waals surface area (Å²) in [5.41, 5.74) is 0.630. The second-order valence-electron chi connectivity index (χ2n) is 5.61. The molecule has 0 saturated heterocycles. The number of anilines is 1. The van der Waals surface area contributed by atoms with Gasteiger partial charge in [-0.25, -0.2) is 0 Å². The van der Waals surface area contributed by atoms with Crippen LogP contribution in [-0.4, -0.2) is 29.0 Å². The van der Waals surface area contributed by atoms with Gasteiger partial charge in [-0.15, -0.1) is 0 Å². The van der Waals surface area contributed by atoms with Crippen molar-refractivity contribution in [3.05, 3.63) is 36.0 Å². The van der Waals surface area contributed by atoms with Crippen LogP contribution in [0.5, 0.6) is 5.75 Å². The number of nitrogens with zero attached hydrogens (tertiary/aromatic N) is 2. The Bertz CT molecular complexity index is 581. The van der Waals surface area contributed by atoms with Gasteiger partial charge in [0, 0.05) is 25.0 Å². The lowest BCUT2D eigenvalue weighted by Gasteiger charge is -2.30. The maximum atomic E-state index is 12.2. The van der Waals surface area contributed by atoms with Crippen LogP contribution in [0.4, 0.5) is 5.69 Å². The minimum Gasteiger partial charge on any atom is -0.508 e. The molecule has 1 saturated carbocycles. The van der Waals surface area contributed by atoms with Crippen molar-refractivity contribution in [2.75, 3.05) is 12.4 Å². The molecule has 1 aliphatic carbocycles. The van der Waals surface area contributed by atoms with E-state index in [4.69, 9.17) is 0 Å². The molecule has 1 aromatic carbocycles. The minimum absolute atomic E-state index is 0.0844. The Hall–Kier alpha value is -2.48. The standard InChI is InChI=1S/C17H21N3O2/c1-20(15-5-3-2-4-6-15)12-13(11-18)17(22)19-14-7-9-16(21)10-8-14/h7-10,12,15,21H,2-6H2,1H3,(H,19,22)/b13-12-. The monoisotopic (exact) mass is 299 g/mol. The largest absolute Gasteiger partial charge is 0.508 e. The van der Waals surface area contributed by atoms with Crippen molar-refractivity contribution in [3.63, 3.8) is 0 Å². The number of nitriles is 1. The highest BCUT2D eigenvalue weighted by atomic mass is 16.3. The highest BCUT2D eigenvalue weighted by Gasteiger charge is 2.18. The van der Waals surface area contributed by atoms with Gasteiger partial charge in [0.15, 0.2) is 0 Å². The number of phenols is 1. The molecule has 0 spiro atoms. The number of carbonyl (C=O) groups excluding carboxylic acids is 1. The topological polar surface area (TPSA) is 76.4 Å². The number of nitrogens with one attached hydrogen (secondary N) is 1. The zero-order chi connectivity index (χ0) is 15.9. The van der Waals surface area contributed by atoms with Gasteiger partial charge in [0.2, 0.25) is 0 Å². The summed E-state index contributed by atoms with van der Waals surface area (Å²) in [6.07, 6.45) is 7.50. The zero-order valence-corrected chi connectivity index (χ0v) is 12.7. The van der Waals surface area contributed by atoms with Gasteiger partial charge in [-0.2, -0.15) is 5.26 Å². The summed E-state index contributed by atoms with van der Waals surface area (Å²) in [5, 5.41) is 21.1. The van der Waals surface area contributed by atoms with Crippen LogP contribution in [0, 0.1) is 11.3 Å². The Morgan fingerprint density at radius 2 is 1.95 bits per heavy atom. The van der Waals surface area contributed by atoms with E-state index in [1.807, 2.05) is 18.0 Å². The highest BCUT2D eigenvalue weighted by molar-refractivity contribution is 6.06. The molecule has 5 nitrogen and oxygen atoms in total. The molecule has 2 N–H and O–H groups in total. The molecule has 0 atom stereocenters. The Morgan fingerprint density at radius 3 is 2.55 bits per heavy atom. The molecule has 0 heterocycles. The third kappa shape index (κ3) is 4.26. The van der Waals surface area contributed by atoms with Crippen LogP contribution in [0.25, 0.3) is 0 Å². The van der Waals surface area contributed by atoms with Crippen LogP contribution in [0.1, 0.15) is 32.1 Å². The molecule has 1 aromatic rings. The lowest BCUT2D eigenvalue weighted by atomic mass is 9.94. The predicted molar refractivity (Wildman–Crippen MR) is 85.1 cm³/mol. The molecule has 116 valence electrons. The van der Waals surface area contributed by atoms with E-state index in [0.717, 1.165) is 12.8 Å². The second-order valence-corrected chi connectivity index (χ2v) is 5.61. The van der Waals surface area contributed by atoms with Gasteiger partial charge < -0.3 is 15.3 Å². The van der Waals surface area contributed by atoms with Gasteiger partial charge in [-0.05, 0) is 37.1 Å². The van der Waals surface area contributed by atoms with E-state index in [1.54, 1.807) is 18.3 Å². The molecule has 2 rings (SSSR count). The quantitative estimate of drug-likeness (QED) is 0.509. The van der Waals surface area contributed by atoms with E-state index in [1.165, 1.54) is 31.4 Å². The van der Waals surface area contributed by atoms with E-state index < -0.39 is 5.91 Å². The predicted octanol–water partition coefficient (Wildman–Crippen LogP) is 3.00. The Labute approximate surface area is 130 Å². The zero-order valence-electron chi connectivity index (χ0n) is 12.7. The third-order valence-corrected chi connectivity index (χ3v) is 3.97. The third-order valence-electron chi connectivity index (χ3n) is 3.97. The molecule has 1 amide bonds. The summed E-state index contributed by atoms with van der Waals surface area (Å²) < 4.78 is 0. The Balaban J connectivity index is 2.03. The molecule has 0 bridgehead atoms. The molecule has 0 aromatic heterocycles. The highest BCUT2D eigenvalue weighted by Crippen LogP contribution is 2.22. The van der Waals surface area contributed by atoms with E-state index in [0.29, 0.717) is 11.7 Å². The first kappa shape index (κ1) is 15.9. The van der Waals surface area contributed by atoms with Gasteiger partial charge in [0.25, 0.3) is 5.91 Å². The lowest BCUT2D eigenvalue weighted by molar-refractivity contribution is -0.112. The molecule has 1 fully saturated rings. The van der Waals surface area contributed by atoms with Crippen molar-refractivity contribution >= 4 is 11.6 Å². The van der Waals surface area contributed by atoms with E-state index in [9.17, 15) is 15.2 Å². The number of amides is 1. The average molecular weight is 299 g/mol. The number of rotatable bonds is 4. The first-order valence-corrected chi connectivity index (χ1v) is 7.54. The first-order valence-electron chi connectivity index (χ1n) is 7.54. The van der Waals surface area contributed by atoms with Gasteiger partial charge in [0.1, 0.15) is 17.4 Å². The molecular weight excluding hydrogens is 278 g/mol. The fourth-order valence-corrected chi connectivity index (χ4v) is 2.68. The normalized spacial score (nSPS) is 15.9. The number of phenolic OH excluding ortho intramolecular Hbond substituents is 1. The number of benzene rings is 1. The number of aromatic hydroxyl groups is 1. The van der Waals surface area contributed by atoms with E-state index in [-0.39, 0.29) is 11.3 Å². The van der Waals surface area contributed by atoms with Gasteiger partial charge in [-0.3, -0.25) is 4.79 Å². The molecule has 0 aliphatic heterocycles. The van der Waals surface area contributed by atoms with Crippen molar-refractivity contribution in [1.82, 2.24) is 4.90 Å². The molecule has 0 unspecified atom stereocenters. The first-order chi connectivity index (χ1) is 10.6. The van der Waals surface area contributed by atoms with Gasteiger partial charge in [0.05, 0.1) is 0 Å². The minimum atomic E-state index is -0.434. The van der Waals surface area contributed by atoms with Gasteiger partial charge in [-0.1, -0.05) is 19.3 Å². The summed E-state index contributed by atoms with van der Waals surface area (Å²) >= 11 is 0.